The highest BCUT2D eigenvalue weighted by molar-refractivity contribution is 7.14. The summed E-state index contributed by atoms with van der Waals surface area (Å²) in [7, 11) is 0. The summed E-state index contributed by atoms with van der Waals surface area (Å²) in [5.41, 5.74) is 0.0503. The van der Waals surface area contributed by atoms with Gasteiger partial charge in [-0.2, -0.15) is 0 Å². The summed E-state index contributed by atoms with van der Waals surface area (Å²) in [4.78, 5) is 35.9. The van der Waals surface area contributed by atoms with E-state index in [9.17, 15) is 14.4 Å². The second-order valence-corrected chi connectivity index (χ2v) is 5.08. The first-order valence-corrected chi connectivity index (χ1v) is 7.50. The third-order valence-electron chi connectivity index (χ3n) is 2.86. The van der Waals surface area contributed by atoms with E-state index in [1.165, 1.54) is 6.07 Å². The number of thiophene rings is 1. The lowest BCUT2D eigenvalue weighted by atomic mass is 10.3. The van der Waals surface area contributed by atoms with Crippen molar-refractivity contribution >= 4 is 34.2 Å². The Morgan fingerprint density at radius 1 is 1.29 bits per heavy atom. The zero-order chi connectivity index (χ0) is 15.8. The number of carbonyl (C=O) groups is 3. The smallest absolute Gasteiger partial charge is 0.338 e. The lowest BCUT2D eigenvalue weighted by Crippen LogP contribution is -2.35. The topological polar surface area (TPSA) is 98.7 Å². The van der Waals surface area contributed by atoms with Gasteiger partial charge in [-0.15, -0.1) is 11.3 Å². The number of hydrogen-bond acceptors (Lipinski definition) is 4. The van der Waals surface area contributed by atoms with Crippen LogP contribution in [0.5, 0.6) is 0 Å². The minimum atomic E-state index is -1.09. The minimum absolute atomic E-state index is 0.0253. The van der Waals surface area contributed by atoms with Crippen molar-refractivity contribution in [2.24, 2.45) is 0 Å². The summed E-state index contributed by atoms with van der Waals surface area (Å²) >= 11 is 1.13. The maximum absolute atomic E-state index is 11.7. The van der Waals surface area contributed by atoms with Crippen molar-refractivity contribution in [2.75, 3.05) is 25.0 Å². The van der Waals surface area contributed by atoms with E-state index in [0.29, 0.717) is 13.1 Å². The van der Waals surface area contributed by atoms with Crippen molar-refractivity contribution in [1.29, 1.82) is 0 Å². The molecule has 1 aromatic heterocycles. The normalized spacial score (nSPS) is 10.0. The number of urea groups is 1. The molecule has 7 nitrogen and oxygen atoms in total. The zero-order valence-electron chi connectivity index (χ0n) is 12.0. The van der Waals surface area contributed by atoms with Crippen LogP contribution in [0.4, 0.5) is 9.80 Å². The number of carboxylic acid groups (broad SMARTS) is 1. The Kier molecular flexibility index (Phi) is 6.67. The molecule has 0 aliphatic rings. The fourth-order valence-corrected chi connectivity index (χ4v) is 2.51. The summed E-state index contributed by atoms with van der Waals surface area (Å²) in [6, 6.07) is 0.902. The van der Waals surface area contributed by atoms with E-state index < -0.39 is 12.0 Å². The van der Waals surface area contributed by atoms with Gasteiger partial charge in [-0.05, 0) is 25.3 Å². The summed E-state index contributed by atoms with van der Waals surface area (Å²) in [6.45, 7) is 5.27. The van der Waals surface area contributed by atoms with E-state index in [4.69, 9.17) is 5.11 Å². The van der Waals surface area contributed by atoms with E-state index in [0.717, 1.165) is 11.3 Å². The lowest BCUT2D eigenvalue weighted by Gasteiger charge is -2.18. The van der Waals surface area contributed by atoms with Gasteiger partial charge in [0.05, 0.1) is 5.56 Å². The summed E-state index contributed by atoms with van der Waals surface area (Å²) in [5, 5.41) is 15.8. The number of nitrogens with zero attached hydrogens (tertiary/aromatic N) is 1. The van der Waals surface area contributed by atoms with Crippen LogP contribution in [0.1, 0.15) is 30.6 Å². The molecule has 0 atom stereocenters. The van der Waals surface area contributed by atoms with Gasteiger partial charge in [0, 0.05) is 26.1 Å². The van der Waals surface area contributed by atoms with Crippen LogP contribution < -0.4 is 10.6 Å². The molecule has 3 N–H and O–H groups in total. The van der Waals surface area contributed by atoms with Crippen LogP contribution in [0.3, 0.4) is 0 Å². The van der Waals surface area contributed by atoms with Crippen LogP contribution in [0.2, 0.25) is 0 Å². The molecule has 1 rings (SSSR count). The first-order valence-electron chi connectivity index (χ1n) is 6.63. The molecule has 0 bridgehead atoms. The van der Waals surface area contributed by atoms with Crippen LogP contribution in [0, 0.1) is 0 Å². The van der Waals surface area contributed by atoms with Crippen LogP contribution in [-0.2, 0) is 4.79 Å². The molecule has 0 aliphatic heterocycles. The van der Waals surface area contributed by atoms with E-state index in [1.54, 1.807) is 10.3 Å². The van der Waals surface area contributed by atoms with Crippen molar-refractivity contribution in [1.82, 2.24) is 10.2 Å². The Bertz CT molecular complexity index is 511. The van der Waals surface area contributed by atoms with Crippen molar-refractivity contribution < 1.29 is 19.5 Å². The number of rotatable bonds is 7. The quantitative estimate of drug-likeness (QED) is 0.715. The second kappa shape index (κ2) is 8.25. The molecule has 0 aliphatic carbocycles. The molecular formula is C13H19N3O4S. The number of carboxylic acids is 1. The summed E-state index contributed by atoms with van der Waals surface area (Å²) in [6.07, 6.45) is 0.214. The van der Waals surface area contributed by atoms with Crippen molar-refractivity contribution in [3.63, 3.8) is 0 Å². The van der Waals surface area contributed by atoms with Crippen molar-refractivity contribution in [3.05, 3.63) is 17.0 Å². The Morgan fingerprint density at radius 2 is 1.95 bits per heavy atom. The van der Waals surface area contributed by atoms with Crippen LogP contribution in [-0.4, -0.2) is 47.5 Å². The lowest BCUT2D eigenvalue weighted by molar-refractivity contribution is -0.130. The van der Waals surface area contributed by atoms with Gasteiger partial charge >= 0.3 is 12.0 Å². The first-order chi connectivity index (χ1) is 9.99. The Morgan fingerprint density at radius 3 is 2.52 bits per heavy atom. The highest BCUT2D eigenvalue weighted by Gasteiger charge is 2.14. The fraction of sp³-hybridized carbons (Fsp3) is 0.462. The molecule has 21 heavy (non-hydrogen) atoms. The average Bonchev–Trinajstić information content (AvgIpc) is 2.88. The zero-order valence-corrected chi connectivity index (χ0v) is 12.8. The largest absolute Gasteiger partial charge is 0.478 e. The Balaban J connectivity index is 2.39. The minimum Gasteiger partial charge on any atom is -0.478 e. The van der Waals surface area contributed by atoms with Gasteiger partial charge in [-0.3, -0.25) is 10.1 Å². The SMILES string of the molecule is CCN(CC)C(=O)CCNC(=O)Nc1sccc1C(=O)O. The van der Waals surface area contributed by atoms with Crippen LogP contribution >= 0.6 is 11.3 Å². The van der Waals surface area contributed by atoms with E-state index in [1.807, 2.05) is 13.8 Å². The number of anilines is 1. The third kappa shape index (κ3) is 5.07. The number of amides is 3. The van der Waals surface area contributed by atoms with Gasteiger partial charge in [0.15, 0.2) is 0 Å². The highest BCUT2D eigenvalue weighted by Crippen LogP contribution is 2.22. The van der Waals surface area contributed by atoms with Crippen LogP contribution in [0.15, 0.2) is 11.4 Å². The molecule has 116 valence electrons. The molecule has 0 saturated carbocycles. The standard InChI is InChI=1S/C13H19N3O4S/c1-3-16(4-2)10(17)5-7-14-13(20)15-11-9(12(18)19)6-8-21-11/h6,8H,3-5,7H2,1-2H3,(H,18,19)(H2,14,15,20). The van der Waals surface area contributed by atoms with Crippen LogP contribution in [0.25, 0.3) is 0 Å². The van der Waals surface area contributed by atoms with Gasteiger partial charge in [0.25, 0.3) is 0 Å². The van der Waals surface area contributed by atoms with Crippen molar-refractivity contribution in [3.8, 4) is 0 Å². The molecule has 1 heterocycles. The molecule has 0 radical (unpaired) electrons. The van der Waals surface area contributed by atoms with E-state index in [-0.39, 0.29) is 29.4 Å². The second-order valence-electron chi connectivity index (χ2n) is 4.17. The van der Waals surface area contributed by atoms with Gasteiger partial charge in [-0.1, -0.05) is 0 Å². The number of hydrogen-bond donors (Lipinski definition) is 3. The predicted molar refractivity (Wildman–Crippen MR) is 80.8 cm³/mol. The molecule has 0 aromatic carbocycles. The van der Waals surface area contributed by atoms with Gasteiger partial charge in [0.1, 0.15) is 5.00 Å². The number of aromatic carboxylic acids is 1. The van der Waals surface area contributed by atoms with Gasteiger partial charge in [-0.25, -0.2) is 9.59 Å². The molecule has 0 fully saturated rings. The van der Waals surface area contributed by atoms with E-state index in [2.05, 4.69) is 10.6 Å². The Hall–Kier alpha value is -2.09. The maximum atomic E-state index is 11.7. The summed E-state index contributed by atoms with van der Waals surface area (Å²) in [5.74, 6) is -1.12. The van der Waals surface area contributed by atoms with Gasteiger partial charge in [0.2, 0.25) is 5.91 Å². The molecule has 0 spiro atoms. The molecule has 0 unspecified atom stereocenters. The summed E-state index contributed by atoms with van der Waals surface area (Å²) < 4.78 is 0. The van der Waals surface area contributed by atoms with Gasteiger partial charge < -0.3 is 15.3 Å². The monoisotopic (exact) mass is 313 g/mol. The molecule has 0 saturated heterocycles. The maximum Gasteiger partial charge on any atom is 0.338 e. The van der Waals surface area contributed by atoms with Crippen molar-refractivity contribution in [2.45, 2.75) is 20.3 Å². The fourth-order valence-electron chi connectivity index (χ4n) is 1.74. The first kappa shape index (κ1) is 17.0. The number of nitrogens with one attached hydrogen (secondary N) is 2. The predicted octanol–water partition coefficient (Wildman–Crippen LogP) is 1.83. The van der Waals surface area contributed by atoms with E-state index >= 15 is 0 Å². The Labute approximate surface area is 126 Å². The molecule has 3 amide bonds. The average molecular weight is 313 g/mol. The molecule has 8 heteroatoms. The molecular weight excluding hydrogens is 294 g/mol. The number of carbonyl (C=O) groups excluding carboxylic acids is 2. The molecule has 1 aromatic rings. The highest BCUT2D eigenvalue weighted by atomic mass is 32.1. The third-order valence-corrected chi connectivity index (χ3v) is 3.69.